The summed E-state index contributed by atoms with van der Waals surface area (Å²) >= 11 is 0. The molecule has 20 nitrogen and oxygen atoms in total. The lowest BCUT2D eigenvalue weighted by Gasteiger charge is -2.14. The summed E-state index contributed by atoms with van der Waals surface area (Å²) in [6.45, 7) is 10.7. The van der Waals surface area contributed by atoms with Crippen LogP contribution in [0.1, 0.15) is 29.9 Å². The van der Waals surface area contributed by atoms with E-state index in [9.17, 15) is 19.2 Å². The number of ether oxygens (including phenoxy) is 14. The molecular formula is C46H69NO19. The first-order valence-electron chi connectivity index (χ1n) is 22.4. The van der Waals surface area contributed by atoms with Gasteiger partial charge in [0.15, 0.2) is 0 Å². The molecule has 1 aliphatic rings. The van der Waals surface area contributed by atoms with E-state index in [0.29, 0.717) is 159 Å². The Kier molecular flexibility index (Phi) is 33.1. The summed E-state index contributed by atoms with van der Waals surface area (Å²) in [5.74, 6) is -3.23. The molecule has 0 bridgehead atoms. The number of Topliss-reactive ketones (excluding diaryl/α,β-unsaturated/α-hetero) is 1. The molecule has 372 valence electrons. The minimum atomic E-state index is -1.57. The molecular weight excluding hydrogens is 870 g/mol. The lowest BCUT2D eigenvalue weighted by Crippen LogP contribution is -2.29. The highest BCUT2D eigenvalue weighted by molar-refractivity contribution is 6.32. The maximum Gasteiger partial charge on any atom is 0.407 e. The third-order valence-corrected chi connectivity index (χ3v) is 9.24. The minimum Gasteiger partial charge on any atom is -0.476 e. The number of esters is 1. The molecule has 0 aromatic heterocycles. The molecule has 1 aliphatic carbocycles. The van der Waals surface area contributed by atoms with Crippen molar-refractivity contribution in [3.05, 3.63) is 59.7 Å². The van der Waals surface area contributed by atoms with Gasteiger partial charge in [0.25, 0.3) is 0 Å². The number of carboxylic acids is 1. The number of carboxylic acid groups (broad SMARTS) is 1. The number of carbonyl (C=O) groups is 4. The fourth-order valence-corrected chi connectivity index (χ4v) is 6.00. The van der Waals surface area contributed by atoms with Crippen LogP contribution in [0.2, 0.25) is 0 Å². The summed E-state index contributed by atoms with van der Waals surface area (Å²) in [7, 11) is 0. The smallest absolute Gasteiger partial charge is 0.407 e. The van der Waals surface area contributed by atoms with Gasteiger partial charge in [-0.2, -0.15) is 0 Å². The summed E-state index contributed by atoms with van der Waals surface area (Å²) in [5, 5.41) is 11.2. The highest BCUT2D eigenvalue weighted by Gasteiger charge is 2.29. The van der Waals surface area contributed by atoms with Gasteiger partial charge in [0.1, 0.15) is 13.2 Å². The van der Waals surface area contributed by atoms with Gasteiger partial charge < -0.3 is 76.7 Å². The summed E-state index contributed by atoms with van der Waals surface area (Å²) in [4.78, 5) is 45.0. The van der Waals surface area contributed by atoms with Crippen LogP contribution in [0.25, 0.3) is 11.1 Å². The number of nitrogens with one attached hydrogen (secondary N) is 1. The third-order valence-electron chi connectivity index (χ3n) is 9.24. The number of aliphatic carboxylic acids is 1. The SMILES string of the molecule is O=C(CCC(=O)C(=O)O)OCCOCCOCCOCCOCCOCCOCCOCCOCCOCCOCCOCCOCCNC(=O)OCC1c2ccccc2-c2ccccc21. The molecule has 2 aromatic carbocycles. The Balaban J connectivity index is 0.910. The van der Waals surface area contributed by atoms with Gasteiger partial charge in [-0.3, -0.25) is 9.59 Å². The zero-order valence-electron chi connectivity index (χ0n) is 38.0. The predicted molar refractivity (Wildman–Crippen MR) is 236 cm³/mol. The summed E-state index contributed by atoms with van der Waals surface area (Å²) in [6.07, 6.45) is -1.14. The van der Waals surface area contributed by atoms with Crippen LogP contribution >= 0.6 is 0 Å². The van der Waals surface area contributed by atoms with Gasteiger partial charge in [-0.15, -0.1) is 0 Å². The predicted octanol–water partition coefficient (Wildman–Crippen LogP) is 2.70. The van der Waals surface area contributed by atoms with Crippen molar-refractivity contribution in [1.29, 1.82) is 0 Å². The van der Waals surface area contributed by atoms with Gasteiger partial charge in [0.05, 0.1) is 165 Å². The number of amides is 1. The van der Waals surface area contributed by atoms with E-state index in [2.05, 4.69) is 29.6 Å². The average Bonchev–Trinajstić information content (AvgIpc) is 3.65. The number of rotatable bonds is 45. The number of ketones is 1. The molecule has 0 saturated carbocycles. The Bertz CT molecular complexity index is 1540. The molecule has 2 aromatic rings. The maximum absolute atomic E-state index is 12.3. The van der Waals surface area contributed by atoms with E-state index in [0.717, 1.165) is 0 Å². The molecule has 0 spiro atoms. The van der Waals surface area contributed by atoms with E-state index < -0.39 is 30.2 Å². The largest absolute Gasteiger partial charge is 0.476 e. The number of benzene rings is 2. The minimum absolute atomic E-state index is 0.00607. The molecule has 0 saturated heterocycles. The second-order valence-corrected chi connectivity index (χ2v) is 14.0. The highest BCUT2D eigenvalue weighted by Crippen LogP contribution is 2.44. The molecule has 0 radical (unpaired) electrons. The second kappa shape index (κ2) is 38.9. The van der Waals surface area contributed by atoms with Crippen molar-refractivity contribution >= 4 is 23.8 Å². The van der Waals surface area contributed by atoms with Crippen LogP contribution in [-0.2, 0) is 80.7 Å². The third kappa shape index (κ3) is 27.5. The van der Waals surface area contributed by atoms with Crippen LogP contribution in [0.4, 0.5) is 4.79 Å². The lowest BCUT2D eigenvalue weighted by molar-refractivity contribution is -0.151. The lowest BCUT2D eigenvalue weighted by atomic mass is 9.98. The Morgan fingerprint density at radius 1 is 0.409 bits per heavy atom. The molecule has 0 unspecified atom stereocenters. The monoisotopic (exact) mass is 939 g/mol. The zero-order chi connectivity index (χ0) is 47.0. The number of hydrogen-bond acceptors (Lipinski definition) is 18. The van der Waals surface area contributed by atoms with Gasteiger partial charge in [-0.05, 0) is 22.3 Å². The summed E-state index contributed by atoms with van der Waals surface area (Å²) in [6, 6.07) is 16.5. The quantitative estimate of drug-likeness (QED) is 0.0553. The number of hydrogen-bond donors (Lipinski definition) is 2. The van der Waals surface area contributed by atoms with E-state index >= 15 is 0 Å². The van der Waals surface area contributed by atoms with Crippen molar-refractivity contribution in [1.82, 2.24) is 5.32 Å². The summed E-state index contributed by atoms with van der Waals surface area (Å²) < 4.78 is 75.9. The van der Waals surface area contributed by atoms with Crippen molar-refractivity contribution in [3.8, 4) is 11.1 Å². The van der Waals surface area contributed by atoms with Crippen molar-refractivity contribution in [2.24, 2.45) is 0 Å². The molecule has 66 heavy (non-hydrogen) atoms. The van der Waals surface area contributed by atoms with Gasteiger partial charge in [-0.1, -0.05) is 48.5 Å². The van der Waals surface area contributed by atoms with Crippen molar-refractivity contribution in [3.63, 3.8) is 0 Å². The van der Waals surface area contributed by atoms with Gasteiger partial charge in [-0.25, -0.2) is 9.59 Å². The number of fused-ring (bicyclic) bond motifs is 3. The maximum atomic E-state index is 12.3. The molecule has 0 fully saturated rings. The van der Waals surface area contributed by atoms with Crippen molar-refractivity contribution < 1.29 is 90.6 Å². The van der Waals surface area contributed by atoms with Crippen LogP contribution < -0.4 is 5.32 Å². The van der Waals surface area contributed by atoms with E-state index in [1.54, 1.807) is 0 Å². The van der Waals surface area contributed by atoms with Crippen LogP contribution in [0.15, 0.2) is 48.5 Å². The molecule has 0 heterocycles. The van der Waals surface area contributed by atoms with Gasteiger partial charge in [0.2, 0.25) is 5.78 Å². The fourth-order valence-electron chi connectivity index (χ4n) is 6.00. The molecule has 20 heteroatoms. The van der Waals surface area contributed by atoms with Crippen molar-refractivity contribution in [2.75, 3.05) is 178 Å². The Morgan fingerprint density at radius 2 is 0.727 bits per heavy atom. The van der Waals surface area contributed by atoms with Crippen LogP contribution in [0, 0.1) is 0 Å². The van der Waals surface area contributed by atoms with Crippen LogP contribution in [0.3, 0.4) is 0 Å². The highest BCUT2D eigenvalue weighted by atomic mass is 16.6. The van der Waals surface area contributed by atoms with Crippen molar-refractivity contribution in [2.45, 2.75) is 18.8 Å². The fraction of sp³-hybridized carbons (Fsp3) is 0.652. The number of carbonyl (C=O) groups excluding carboxylic acids is 3. The number of alkyl carbamates (subject to hydrolysis) is 1. The second-order valence-electron chi connectivity index (χ2n) is 14.0. The van der Waals surface area contributed by atoms with E-state index in [1.807, 2.05) is 24.3 Å². The van der Waals surface area contributed by atoms with E-state index in [4.69, 9.17) is 71.4 Å². The first-order valence-corrected chi connectivity index (χ1v) is 22.4. The molecule has 1 amide bonds. The topological polar surface area (TPSA) is 230 Å². The van der Waals surface area contributed by atoms with E-state index in [-0.39, 0.29) is 32.2 Å². The summed E-state index contributed by atoms with van der Waals surface area (Å²) in [5.41, 5.74) is 4.74. The Labute approximate surface area is 386 Å². The zero-order valence-corrected chi connectivity index (χ0v) is 38.0. The molecule has 0 aliphatic heterocycles. The van der Waals surface area contributed by atoms with E-state index in [1.165, 1.54) is 22.3 Å². The van der Waals surface area contributed by atoms with Gasteiger partial charge >= 0.3 is 18.0 Å². The standard InChI is InChI=1S/C46H69NO19/c48-43(45(50)51)9-10-44(49)65-36-35-64-34-33-63-32-31-62-30-29-61-28-27-60-26-25-59-24-23-58-22-21-57-20-19-56-18-17-55-16-15-54-14-13-53-12-11-47-46(52)66-37-42-40-7-3-1-5-38(40)39-6-2-4-8-41(39)42/h1-8,42H,9-37H2,(H,47,52)(H,50,51). The average molecular weight is 940 g/mol. The van der Waals surface area contributed by atoms with Crippen LogP contribution in [0.5, 0.6) is 0 Å². The molecule has 3 rings (SSSR count). The first-order chi connectivity index (χ1) is 32.5. The first kappa shape index (κ1) is 56.2. The van der Waals surface area contributed by atoms with Crippen LogP contribution in [-0.4, -0.2) is 207 Å². The van der Waals surface area contributed by atoms with Gasteiger partial charge in [0, 0.05) is 18.9 Å². The Morgan fingerprint density at radius 3 is 1.08 bits per heavy atom. The normalized spacial score (nSPS) is 11.9. The molecule has 0 atom stereocenters. The molecule has 2 N–H and O–H groups in total. The Hall–Kier alpha value is -4.16.